The predicted molar refractivity (Wildman–Crippen MR) is 131 cm³/mol. The minimum Gasteiger partial charge on any atom is -0.396 e. The summed E-state index contributed by atoms with van der Waals surface area (Å²) in [5.74, 6) is 0.614. The molecule has 1 aromatic rings. The van der Waals surface area contributed by atoms with E-state index in [4.69, 9.17) is 29.6 Å². The van der Waals surface area contributed by atoms with Crippen LogP contribution in [0.1, 0.15) is 18.4 Å². The molecular weight excluding hydrogens is 468 g/mol. The lowest BCUT2D eigenvalue weighted by molar-refractivity contribution is 0.0144. The van der Waals surface area contributed by atoms with Crippen molar-refractivity contribution in [3.8, 4) is 0 Å². The zero-order valence-corrected chi connectivity index (χ0v) is 20.6. The maximum atomic E-state index is 10.1. The first-order valence-electron chi connectivity index (χ1n) is 11.0. The molecule has 10 nitrogen and oxygen atoms in total. The molecule has 33 heavy (non-hydrogen) atoms. The van der Waals surface area contributed by atoms with Gasteiger partial charge in [-0.2, -0.15) is 0 Å². The van der Waals surface area contributed by atoms with Crippen LogP contribution in [0.2, 0.25) is 0 Å². The van der Waals surface area contributed by atoms with Crippen molar-refractivity contribution in [2.75, 3.05) is 71.9 Å². The fourth-order valence-electron chi connectivity index (χ4n) is 2.47. The molecule has 12 heteroatoms. The Morgan fingerprint density at radius 1 is 0.939 bits per heavy atom. The van der Waals surface area contributed by atoms with E-state index in [9.17, 15) is 5.11 Å². The predicted octanol–water partition coefficient (Wildman–Crippen LogP) is 2.98. The van der Waals surface area contributed by atoms with Gasteiger partial charge in [0.05, 0.1) is 39.6 Å². The van der Waals surface area contributed by atoms with E-state index in [0.29, 0.717) is 71.7 Å². The summed E-state index contributed by atoms with van der Waals surface area (Å²) in [6, 6.07) is 8.12. The Morgan fingerprint density at radius 2 is 1.64 bits per heavy atom. The zero-order valence-electron chi connectivity index (χ0n) is 19.0. The summed E-state index contributed by atoms with van der Waals surface area (Å²) >= 11 is 0. The molecule has 0 aliphatic carbocycles. The Hall–Kier alpha value is -1.05. The van der Waals surface area contributed by atoms with Gasteiger partial charge in [-0.05, 0) is 36.1 Å². The van der Waals surface area contributed by atoms with Gasteiger partial charge in [0.25, 0.3) is 0 Å². The zero-order chi connectivity index (χ0) is 23.8. The molecule has 0 bridgehead atoms. The van der Waals surface area contributed by atoms with Gasteiger partial charge in [-0.15, -0.1) is 0 Å². The maximum Gasteiger partial charge on any atom is 0.109 e. The van der Waals surface area contributed by atoms with Crippen molar-refractivity contribution in [2.24, 2.45) is 5.11 Å². The first-order valence-corrected chi connectivity index (χ1v) is 13.3. The Balaban J connectivity index is 1.96. The number of aliphatic hydroxyl groups is 2. The molecule has 188 valence electrons. The van der Waals surface area contributed by atoms with E-state index in [1.54, 1.807) is 21.6 Å². The molecule has 1 aromatic carbocycles. The molecule has 1 rings (SSSR count). The number of ether oxygens (including phenoxy) is 4. The molecule has 0 aromatic heterocycles. The monoisotopic (exact) mass is 504 g/mol. The van der Waals surface area contributed by atoms with Gasteiger partial charge >= 0.3 is 0 Å². The van der Waals surface area contributed by atoms with Crippen molar-refractivity contribution in [1.29, 1.82) is 0 Å². The standard InChI is InChI=1S/C21H36N4O6S2/c22-25-24-8-12-29-14-16-30-15-13-28-11-7-23-21(27)17-19-3-5-20(6-4-19)33-32-18-31-10-2-1-9-26/h3-6,21,23,26-27H,1-2,7-18H2. The number of hydrogen-bond donors (Lipinski definition) is 3. The van der Waals surface area contributed by atoms with E-state index < -0.39 is 6.23 Å². The fraction of sp³-hybridized carbons (Fsp3) is 0.714. The number of nitrogens with zero attached hydrogens (tertiary/aromatic N) is 3. The number of aliphatic hydroxyl groups excluding tert-OH is 2. The molecule has 0 aliphatic rings. The number of azide groups is 1. The van der Waals surface area contributed by atoms with E-state index in [2.05, 4.69) is 15.3 Å². The van der Waals surface area contributed by atoms with Gasteiger partial charge in [-0.1, -0.05) is 38.8 Å². The molecule has 0 fully saturated rings. The summed E-state index contributed by atoms with van der Waals surface area (Å²) in [5, 5.41) is 25.3. The number of benzene rings is 1. The minimum atomic E-state index is -0.632. The summed E-state index contributed by atoms with van der Waals surface area (Å²) in [5.41, 5.74) is 9.18. The van der Waals surface area contributed by atoms with Gasteiger partial charge in [0.1, 0.15) is 12.2 Å². The van der Waals surface area contributed by atoms with Gasteiger partial charge in [0.2, 0.25) is 0 Å². The Morgan fingerprint density at radius 3 is 2.33 bits per heavy atom. The van der Waals surface area contributed by atoms with E-state index in [1.807, 2.05) is 24.3 Å². The third-order valence-electron chi connectivity index (χ3n) is 4.11. The third-order valence-corrected chi connectivity index (χ3v) is 6.17. The number of unbranched alkanes of at least 4 members (excludes halogenated alkanes) is 1. The van der Waals surface area contributed by atoms with Crippen LogP contribution in [-0.2, 0) is 25.4 Å². The summed E-state index contributed by atoms with van der Waals surface area (Å²) in [4.78, 5) is 3.78. The van der Waals surface area contributed by atoms with Crippen molar-refractivity contribution in [2.45, 2.75) is 30.4 Å². The molecule has 0 spiro atoms. The van der Waals surface area contributed by atoms with Crippen molar-refractivity contribution in [3.05, 3.63) is 40.3 Å². The van der Waals surface area contributed by atoms with Crippen molar-refractivity contribution in [1.82, 2.24) is 5.32 Å². The van der Waals surface area contributed by atoms with Crippen LogP contribution in [0.5, 0.6) is 0 Å². The van der Waals surface area contributed by atoms with E-state index >= 15 is 0 Å². The largest absolute Gasteiger partial charge is 0.396 e. The first-order chi connectivity index (χ1) is 16.3. The molecule has 0 saturated heterocycles. The second kappa shape index (κ2) is 22.7. The van der Waals surface area contributed by atoms with Gasteiger partial charge in [-0.3, -0.25) is 5.32 Å². The van der Waals surface area contributed by atoms with Crippen LogP contribution in [0.3, 0.4) is 0 Å². The van der Waals surface area contributed by atoms with Crippen molar-refractivity contribution >= 4 is 21.6 Å². The summed E-state index contributed by atoms with van der Waals surface area (Å²) in [6.07, 6.45) is 1.55. The lowest BCUT2D eigenvalue weighted by Crippen LogP contribution is -2.33. The number of hydrogen-bond acceptors (Lipinski definition) is 10. The fourth-order valence-corrected chi connectivity index (χ4v) is 4.17. The Labute approximate surface area is 203 Å². The highest BCUT2D eigenvalue weighted by molar-refractivity contribution is 8.76. The molecule has 0 amide bonds. The van der Waals surface area contributed by atoms with Gasteiger partial charge < -0.3 is 29.2 Å². The highest BCUT2D eigenvalue weighted by Crippen LogP contribution is 2.31. The first kappa shape index (κ1) is 30.0. The van der Waals surface area contributed by atoms with Crippen LogP contribution in [0.4, 0.5) is 0 Å². The van der Waals surface area contributed by atoms with Crippen LogP contribution in [0.25, 0.3) is 10.4 Å². The van der Waals surface area contributed by atoms with Crippen molar-refractivity contribution < 1.29 is 29.2 Å². The minimum absolute atomic E-state index is 0.214. The molecule has 0 saturated carbocycles. The van der Waals surface area contributed by atoms with E-state index in [1.165, 1.54) is 0 Å². The second-order valence-corrected chi connectivity index (χ2v) is 9.08. The normalized spacial score (nSPS) is 11.9. The summed E-state index contributed by atoms with van der Waals surface area (Å²) in [6.45, 7) is 4.50. The summed E-state index contributed by atoms with van der Waals surface area (Å²) in [7, 11) is 3.30. The Bertz CT molecular complexity index is 623. The van der Waals surface area contributed by atoms with Crippen LogP contribution in [-0.4, -0.2) is 88.3 Å². The second-order valence-electron chi connectivity index (χ2n) is 6.77. The lowest BCUT2D eigenvalue weighted by Gasteiger charge is -2.13. The molecule has 1 atom stereocenters. The lowest BCUT2D eigenvalue weighted by atomic mass is 10.1. The van der Waals surface area contributed by atoms with E-state index in [0.717, 1.165) is 23.3 Å². The molecule has 0 radical (unpaired) electrons. The average Bonchev–Trinajstić information content (AvgIpc) is 2.82. The number of rotatable bonds is 23. The quantitative estimate of drug-likeness (QED) is 0.0512. The van der Waals surface area contributed by atoms with E-state index in [-0.39, 0.29) is 6.61 Å². The molecule has 1 unspecified atom stereocenters. The topological polar surface area (TPSA) is 138 Å². The van der Waals surface area contributed by atoms with Crippen LogP contribution in [0.15, 0.2) is 34.3 Å². The molecule has 0 heterocycles. The number of nitrogens with one attached hydrogen (secondary N) is 1. The van der Waals surface area contributed by atoms with Crippen LogP contribution in [0, 0.1) is 0 Å². The molecule has 3 N–H and O–H groups in total. The maximum absolute atomic E-state index is 10.1. The molecule has 0 aliphatic heterocycles. The highest BCUT2D eigenvalue weighted by atomic mass is 33.1. The average molecular weight is 505 g/mol. The summed E-state index contributed by atoms with van der Waals surface area (Å²) < 4.78 is 21.5. The van der Waals surface area contributed by atoms with Crippen LogP contribution >= 0.6 is 21.6 Å². The van der Waals surface area contributed by atoms with Crippen LogP contribution < -0.4 is 5.32 Å². The van der Waals surface area contributed by atoms with Crippen molar-refractivity contribution in [3.63, 3.8) is 0 Å². The van der Waals surface area contributed by atoms with Gasteiger partial charge in [0.15, 0.2) is 0 Å². The Kier molecular flexibility index (Phi) is 20.6. The van der Waals surface area contributed by atoms with Gasteiger partial charge in [0, 0.05) is 42.5 Å². The SMILES string of the molecule is [N-]=[N+]=NCCOCCOCCOCCNC(O)Cc1ccc(SSCOCCCCO)cc1. The smallest absolute Gasteiger partial charge is 0.109 e. The third kappa shape index (κ3) is 19.0. The highest BCUT2D eigenvalue weighted by Gasteiger charge is 2.05. The molecular formula is C21H36N4O6S2. The van der Waals surface area contributed by atoms with Gasteiger partial charge in [-0.25, -0.2) is 0 Å².